The van der Waals surface area contributed by atoms with E-state index in [-0.39, 0.29) is 10.1 Å². The molecule has 0 spiro atoms. The van der Waals surface area contributed by atoms with Gasteiger partial charge < -0.3 is 14.6 Å². The van der Waals surface area contributed by atoms with Gasteiger partial charge in [-0.25, -0.2) is 0 Å². The highest BCUT2D eigenvalue weighted by atomic mass is 16.6. The van der Waals surface area contributed by atoms with Crippen LogP contribution in [0.15, 0.2) is 24.3 Å². The van der Waals surface area contributed by atoms with Gasteiger partial charge in [-0.1, -0.05) is 45.0 Å². The number of hydroxylamine groups is 3. The zero-order valence-electron chi connectivity index (χ0n) is 11.6. The summed E-state index contributed by atoms with van der Waals surface area (Å²) < 4.78 is 5.11. The van der Waals surface area contributed by atoms with Crippen molar-refractivity contribution in [3.05, 3.63) is 40.6 Å². The third-order valence-electron chi connectivity index (χ3n) is 3.58. The van der Waals surface area contributed by atoms with Crippen molar-refractivity contribution in [2.75, 3.05) is 26.3 Å². The highest BCUT2D eigenvalue weighted by molar-refractivity contribution is 5.27. The molecule has 0 unspecified atom stereocenters. The van der Waals surface area contributed by atoms with Gasteiger partial charge in [-0.2, -0.15) is 0 Å². The highest BCUT2D eigenvalue weighted by Gasteiger charge is 2.21. The Kier molecular flexibility index (Phi) is 3.76. The lowest BCUT2D eigenvalue weighted by Gasteiger charge is -2.45. The summed E-state index contributed by atoms with van der Waals surface area (Å²) in [6, 6.07) is 8.46. The van der Waals surface area contributed by atoms with Crippen LogP contribution < -0.4 is 0 Å². The van der Waals surface area contributed by atoms with Crippen LogP contribution in [0.5, 0.6) is 0 Å². The fraction of sp³-hybridized carbons (Fsp3) is 0.600. The standard InChI is InChI=1S/C15H23NO2/c1-15(2,3)14-6-4-13(5-7-14)12-16(17)8-10-18-11-9-16/h4-7H,8-12H2,1-3H3. The Morgan fingerprint density at radius 3 is 2.17 bits per heavy atom. The van der Waals surface area contributed by atoms with Crippen molar-refractivity contribution in [2.45, 2.75) is 32.7 Å². The summed E-state index contributed by atoms with van der Waals surface area (Å²) >= 11 is 0. The number of nitrogens with zero attached hydrogens (tertiary/aromatic N) is 1. The minimum atomic E-state index is -0.144. The molecule has 0 bridgehead atoms. The second-order valence-electron chi connectivity index (χ2n) is 6.22. The van der Waals surface area contributed by atoms with Crippen LogP contribution in [0.4, 0.5) is 0 Å². The van der Waals surface area contributed by atoms with E-state index in [0.29, 0.717) is 32.8 Å². The molecule has 0 radical (unpaired) electrons. The van der Waals surface area contributed by atoms with E-state index in [0.717, 1.165) is 5.56 Å². The Hall–Kier alpha value is -0.900. The molecule has 1 aromatic rings. The number of ether oxygens (including phenoxy) is 1. The van der Waals surface area contributed by atoms with Crippen LogP contribution in [-0.4, -0.2) is 30.9 Å². The summed E-state index contributed by atoms with van der Waals surface area (Å²) in [5, 5.41) is 12.4. The summed E-state index contributed by atoms with van der Waals surface area (Å²) in [5.41, 5.74) is 2.60. The molecule has 0 saturated carbocycles. The fourth-order valence-corrected chi connectivity index (χ4v) is 2.28. The zero-order chi connectivity index (χ0) is 13.2. The van der Waals surface area contributed by atoms with Crippen LogP contribution in [0.1, 0.15) is 31.9 Å². The molecule has 0 N–H and O–H groups in total. The van der Waals surface area contributed by atoms with E-state index in [4.69, 9.17) is 4.74 Å². The number of benzene rings is 1. The van der Waals surface area contributed by atoms with Crippen molar-refractivity contribution in [3.8, 4) is 0 Å². The largest absolute Gasteiger partial charge is 0.632 e. The first kappa shape index (κ1) is 13.5. The average molecular weight is 249 g/mol. The summed E-state index contributed by atoms with van der Waals surface area (Å²) in [4.78, 5) is 0. The van der Waals surface area contributed by atoms with Gasteiger partial charge in [0.25, 0.3) is 0 Å². The fourth-order valence-electron chi connectivity index (χ4n) is 2.28. The number of morpholine rings is 1. The Bertz CT molecular complexity index is 386. The molecule has 1 aliphatic rings. The first-order valence-corrected chi connectivity index (χ1v) is 6.63. The van der Waals surface area contributed by atoms with Gasteiger partial charge in [0.2, 0.25) is 0 Å². The minimum absolute atomic E-state index is 0.144. The second kappa shape index (κ2) is 5.00. The molecule has 1 heterocycles. The molecular weight excluding hydrogens is 226 g/mol. The van der Waals surface area contributed by atoms with Crippen molar-refractivity contribution < 1.29 is 9.38 Å². The Labute approximate surface area is 110 Å². The van der Waals surface area contributed by atoms with Crippen LogP contribution in [0.25, 0.3) is 0 Å². The van der Waals surface area contributed by atoms with Crippen molar-refractivity contribution >= 4 is 0 Å². The molecule has 1 aliphatic heterocycles. The van der Waals surface area contributed by atoms with Gasteiger partial charge in [0, 0.05) is 5.56 Å². The molecule has 100 valence electrons. The van der Waals surface area contributed by atoms with E-state index in [2.05, 4.69) is 45.0 Å². The van der Waals surface area contributed by atoms with Crippen LogP contribution in [-0.2, 0) is 16.7 Å². The smallest absolute Gasteiger partial charge is 0.104 e. The van der Waals surface area contributed by atoms with Gasteiger partial charge in [-0.15, -0.1) is 0 Å². The minimum Gasteiger partial charge on any atom is -0.632 e. The van der Waals surface area contributed by atoms with Crippen molar-refractivity contribution in [2.24, 2.45) is 0 Å². The van der Waals surface area contributed by atoms with Gasteiger partial charge in [-0.05, 0) is 11.0 Å². The topological polar surface area (TPSA) is 32.3 Å². The van der Waals surface area contributed by atoms with E-state index in [1.807, 2.05) is 0 Å². The molecule has 3 nitrogen and oxygen atoms in total. The monoisotopic (exact) mass is 249 g/mol. The quantitative estimate of drug-likeness (QED) is 0.596. The molecular formula is C15H23NO2. The zero-order valence-corrected chi connectivity index (χ0v) is 11.6. The maximum atomic E-state index is 12.4. The SMILES string of the molecule is CC(C)(C)c1ccc(C[N+]2([O-])CCOCC2)cc1. The van der Waals surface area contributed by atoms with Crippen molar-refractivity contribution in [1.82, 2.24) is 0 Å². The molecule has 0 aliphatic carbocycles. The van der Waals surface area contributed by atoms with Gasteiger partial charge in [0.1, 0.15) is 19.6 Å². The predicted octanol–water partition coefficient (Wildman–Crippen LogP) is 2.83. The van der Waals surface area contributed by atoms with Gasteiger partial charge in [0.15, 0.2) is 0 Å². The molecule has 1 fully saturated rings. The summed E-state index contributed by atoms with van der Waals surface area (Å²) in [5.74, 6) is 0. The van der Waals surface area contributed by atoms with Crippen LogP contribution in [0.2, 0.25) is 0 Å². The Morgan fingerprint density at radius 1 is 1.11 bits per heavy atom. The maximum absolute atomic E-state index is 12.4. The lowest BCUT2D eigenvalue weighted by Crippen LogP contribution is -2.49. The number of hydrogen-bond donors (Lipinski definition) is 0. The van der Waals surface area contributed by atoms with Crippen molar-refractivity contribution in [1.29, 1.82) is 0 Å². The third kappa shape index (κ3) is 3.31. The van der Waals surface area contributed by atoms with Crippen molar-refractivity contribution in [3.63, 3.8) is 0 Å². The lowest BCUT2D eigenvalue weighted by molar-refractivity contribution is -0.901. The average Bonchev–Trinajstić information content (AvgIpc) is 2.29. The normalized spacial score (nSPS) is 19.8. The number of hydrogen-bond acceptors (Lipinski definition) is 2. The molecule has 0 aromatic heterocycles. The molecule has 3 heteroatoms. The lowest BCUT2D eigenvalue weighted by atomic mass is 9.87. The van der Waals surface area contributed by atoms with E-state index in [1.165, 1.54) is 5.56 Å². The van der Waals surface area contributed by atoms with Crippen LogP contribution >= 0.6 is 0 Å². The first-order valence-electron chi connectivity index (χ1n) is 6.63. The Balaban J connectivity index is 2.06. The Morgan fingerprint density at radius 2 is 1.67 bits per heavy atom. The van der Waals surface area contributed by atoms with E-state index >= 15 is 0 Å². The summed E-state index contributed by atoms with van der Waals surface area (Å²) in [7, 11) is 0. The van der Waals surface area contributed by atoms with Gasteiger partial charge in [0.05, 0.1) is 13.2 Å². The molecule has 0 amide bonds. The summed E-state index contributed by atoms with van der Waals surface area (Å²) in [6.07, 6.45) is 0. The molecule has 2 rings (SSSR count). The molecule has 1 aromatic carbocycles. The maximum Gasteiger partial charge on any atom is 0.104 e. The van der Waals surface area contributed by atoms with Gasteiger partial charge in [-0.3, -0.25) is 0 Å². The van der Waals surface area contributed by atoms with Crippen LogP contribution in [0, 0.1) is 5.21 Å². The molecule has 1 saturated heterocycles. The predicted molar refractivity (Wildman–Crippen MR) is 73.0 cm³/mol. The van der Waals surface area contributed by atoms with E-state index < -0.39 is 0 Å². The molecule has 0 atom stereocenters. The van der Waals surface area contributed by atoms with Crippen LogP contribution in [0.3, 0.4) is 0 Å². The summed E-state index contributed by atoms with van der Waals surface area (Å²) in [6.45, 7) is 9.48. The molecule has 18 heavy (non-hydrogen) atoms. The number of rotatable bonds is 2. The second-order valence-corrected chi connectivity index (χ2v) is 6.22. The highest BCUT2D eigenvalue weighted by Crippen LogP contribution is 2.23. The third-order valence-corrected chi connectivity index (χ3v) is 3.58. The number of quaternary nitrogens is 1. The first-order chi connectivity index (χ1) is 8.39. The van der Waals surface area contributed by atoms with Gasteiger partial charge >= 0.3 is 0 Å². The van der Waals surface area contributed by atoms with E-state index in [9.17, 15) is 5.21 Å². The van der Waals surface area contributed by atoms with E-state index in [1.54, 1.807) is 0 Å².